The van der Waals surface area contributed by atoms with Gasteiger partial charge in [0.2, 0.25) is 5.95 Å². The maximum Gasteiger partial charge on any atom is 0.224 e. The largest absolute Gasteiger partial charge is 0.364 e. The fourth-order valence-corrected chi connectivity index (χ4v) is 1.98. The van der Waals surface area contributed by atoms with E-state index in [1.165, 1.54) is 0 Å². The second-order valence-electron chi connectivity index (χ2n) is 4.60. The molecule has 0 atom stereocenters. The normalized spacial score (nSPS) is 10.2. The molecule has 110 valence electrons. The van der Waals surface area contributed by atoms with Crippen LogP contribution < -0.4 is 10.6 Å². The quantitative estimate of drug-likeness (QED) is 0.753. The number of hydrogen-bond acceptors (Lipinski definition) is 6. The molecule has 3 aromatic heterocycles. The zero-order valence-electron chi connectivity index (χ0n) is 12.2. The van der Waals surface area contributed by atoms with Crippen molar-refractivity contribution in [3.8, 4) is 11.4 Å². The van der Waals surface area contributed by atoms with E-state index >= 15 is 0 Å². The van der Waals surface area contributed by atoms with Crippen LogP contribution in [0.25, 0.3) is 11.4 Å². The van der Waals surface area contributed by atoms with Gasteiger partial charge in [0, 0.05) is 25.5 Å². The Morgan fingerprint density at radius 2 is 1.73 bits per heavy atom. The molecule has 3 heterocycles. The maximum atomic E-state index is 4.44. The Balaban J connectivity index is 1.85. The minimum Gasteiger partial charge on any atom is -0.364 e. The third-order valence-corrected chi connectivity index (χ3v) is 3.05. The average molecular weight is 292 g/mol. The summed E-state index contributed by atoms with van der Waals surface area (Å²) in [6.07, 6.45) is 3.52. The van der Waals surface area contributed by atoms with Crippen LogP contribution in [0.1, 0.15) is 5.69 Å². The van der Waals surface area contributed by atoms with E-state index in [9.17, 15) is 0 Å². The number of hydrogen-bond donors (Lipinski definition) is 2. The lowest BCUT2D eigenvalue weighted by atomic mass is 10.2. The topological polar surface area (TPSA) is 75.6 Å². The van der Waals surface area contributed by atoms with Gasteiger partial charge in [-0.05, 0) is 24.3 Å². The molecule has 0 aliphatic carbocycles. The van der Waals surface area contributed by atoms with E-state index in [0.29, 0.717) is 12.5 Å². The molecule has 3 aromatic rings. The summed E-state index contributed by atoms with van der Waals surface area (Å²) in [4.78, 5) is 17.4. The first-order chi connectivity index (χ1) is 10.8. The van der Waals surface area contributed by atoms with Crippen molar-refractivity contribution in [1.29, 1.82) is 0 Å². The number of pyridine rings is 2. The average Bonchev–Trinajstić information content (AvgIpc) is 2.61. The number of nitrogens with zero attached hydrogens (tertiary/aromatic N) is 4. The van der Waals surface area contributed by atoms with E-state index in [-0.39, 0.29) is 0 Å². The summed E-state index contributed by atoms with van der Waals surface area (Å²) in [5.74, 6) is 1.28. The molecular weight excluding hydrogens is 276 g/mol. The van der Waals surface area contributed by atoms with Crippen LogP contribution in [-0.4, -0.2) is 27.0 Å². The van der Waals surface area contributed by atoms with Gasteiger partial charge < -0.3 is 10.6 Å². The van der Waals surface area contributed by atoms with Gasteiger partial charge in [-0.3, -0.25) is 9.97 Å². The van der Waals surface area contributed by atoms with Crippen molar-refractivity contribution in [3.63, 3.8) is 0 Å². The molecule has 6 heteroatoms. The van der Waals surface area contributed by atoms with Gasteiger partial charge in [-0.2, -0.15) is 4.98 Å². The minimum absolute atomic E-state index is 0.548. The highest BCUT2D eigenvalue weighted by Crippen LogP contribution is 2.19. The van der Waals surface area contributed by atoms with E-state index < -0.39 is 0 Å². The predicted octanol–water partition coefficient (Wildman–Crippen LogP) is 2.59. The predicted molar refractivity (Wildman–Crippen MR) is 86.4 cm³/mol. The van der Waals surface area contributed by atoms with Gasteiger partial charge in [0.05, 0.1) is 23.6 Å². The van der Waals surface area contributed by atoms with Crippen molar-refractivity contribution in [3.05, 3.63) is 60.6 Å². The fourth-order valence-electron chi connectivity index (χ4n) is 1.98. The van der Waals surface area contributed by atoms with E-state index in [1.807, 2.05) is 42.5 Å². The second kappa shape index (κ2) is 6.62. The molecule has 0 aromatic carbocycles. The van der Waals surface area contributed by atoms with Crippen LogP contribution in [0, 0.1) is 0 Å². The number of rotatable bonds is 5. The summed E-state index contributed by atoms with van der Waals surface area (Å²) in [6, 6.07) is 13.4. The molecule has 22 heavy (non-hydrogen) atoms. The summed E-state index contributed by atoms with van der Waals surface area (Å²) in [7, 11) is 1.79. The molecule has 3 rings (SSSR count). The first-order valence-corrected chi connectivity index (χ1v) is 6.97. The second-order valence-corrected chi connectivity index (χ2v) is 4.60. The van der Waals surface area contributed by atoms with E-state index in [0.717, 1.165) is 22.9 Å². The smallest absolute Gasteiger partial charge is 0.224 e. The molecule has 0 bridgehead atoms. The van der Waals surface area contributed by atoms with Crippen LogP contribution in [0.3, 0.4) is 0 Å². The van der Waals surface area contributed by atoms with Gasteiger partial charge in [0.15, 0.2) is 0 Å². The summed E-state index contributed by atoms with van der Waals surface area (Å²) in [6.45, 7) is 0.600. The molecule has 0 saturated heterocycles. The lowest BCUT2D eigenvalue weighted by Crippen LogP contribution is -2.06. The van der Waals surface area contributed by atoms with Crippen molar-refractivity contribution in [2.45, 2.75) is 6.54 Å². The number of anilines is 2. The summed E-state index contributed by atoms with van der Waals surface area (Å²) < 4.78 is 0. The summed E-state index contributed by atoms with van der Waals surface area (Å²) in [5, 5.41) is 6.23. The molecular formula is C16H16N6. The van der Waals surface area contributed by atoms with Crippen LogP contribution in [0.5, 0.6) is 0 Å². The van der Waals surface area contributed by atoms with Crippen molar-refractivity contribution >= 4 is 11.8 Å². The zero-order valence-corrected chi connectivity index (χ0v) is 12.2. The van der Waals surface area contributed by atoms with Crippen LogP contribution >= 0.6 is 0 Å². The first kappa shape index (κ1) is 13.9. The molecule has 0 radical (unpaired) electrons. The molecule has 2 N–H and O–H groups in total. The Hall–Kier alpha value is -3.02. The molecule has 0 unspecified atom stereocenters. The third-order valence-electron chi connectivity index (χ3n) is 3.05. The summed E-state index contributed by atoms with van der Waals surface area (Å²) >= 11 is 0. The monoisotopic (exact) mass is 292 g/mol. The molecule has 0 spiro atoms. The van der Waals surface area contributed by atoms with Crippen LogP contribution in [0.4, 0.5) is 11.8 Å². The number of aromatic nitrogens is 4. The highest BCUT2D eigenvalue weighted by Gasteiger charge is 2.06. The first-order valence-electron chi connectivity index (χ1n) is 6.97. The Bertz CT molecular complexity index is 730. The molecule has 0 amide bonds. The standard InChI is InChI=1S/C16H16N6/c1-17-16-21-14(13-7-3-5-9-19-13)10-15(22-16)20-11-12-6-2-4-8-18-12/h2-10H,11H2,1H3,(H2,17,20,21,22). The van der Waals surface area contributed by atoms with E-state index in [4.69, 9.17) is 0 Å². The van der Waals surface area contributed by atoms with E-state index in [1.54, 1.807) is 19.4 Å². The zero-order chi connectivity index (χ0) is 15.2. The SMILES string of the molecule is CNc1nc(NCc2ccccn2)cc(-c2ccccn2)n1. The van der Waals surface area contributed by atoms with Gasteiger partial charge >= 0.3 is 0 Å². The third kappa shape index (κ3) is 3.35. The summed E-state index contributed by atoms with van der Waals surface area (Å²) in [5.41, 5.74) is 2.53. The molecule has 0 aliphatic heterocycles. The Labute approximate surface area is 128 Å². The van der Waals surface area contributed by atoms with Crippen LogP contribution in [0.15, 0.2) is 54.9 Å². The van der Waals surface area contributed by atoms with Gasteiger partial charge in [-0.1, -0.05) is 12.1 Å². The lowest BCUT2D eigenvalue weighted by Gasteiger charge is -2.09. The molecule has 0 fully saturated rings. The Kier molecular flexibility index (Phi) is 4.20. The van der Waals surface area contributed by atoms with E-state index in [2.05, 4.69) is 30.6 Å². The Morgan fingerprint density at radius 3 is 2.41 bits per heavy atom. The van der Waals surface area contributed by atoms with Crippen molar-refractivity contribution < 1.29 is 0 Å². The molecule has 0 saturated carbocycles. The minimum atomic E-state index is 0.548. The van der Waals surface area contributed by atoms with Crippen molar-refractivity contribution in [1.82, 2.24) is 19.9 Å². The van der Waals surface area contributed by atoms with Gasteiger partial charge in [-0.15, -0.1) is 0 Å². The van der Waals surface area contributed by atoms with Crippen LogP contribution in [-0.2, 0) is 6.54 Å². The lowest BCUT2D eigenvalue weighted by molar-refractivity contribution is 1.02. The Morgan fingerprint density at radius 1 is 0.909 bits per heavy atom. The highest BCUT2D eigenvalue weighted by atomic mass is 15.1. The maximum absolute atomic E-state index is 4.44. The van der Waals surface area contributed by atoms with Gasteiger partial charge in [-0.25, -0.2) is 4.98 Å². The fraction of sp³-hybridized carbons (Fsp3) is 0.125. The van der Waals surface area contributed by atoms with Crippen LogP contribution in [0.2, 0.25) is 0 Å². The highest BCUT2D eigenvalue weighted by molar-refractivity contribution is 5.60. The molecule has 0 aliphatic rings. The van der Waals surface area contributed by atoms with Crippen molar-refractivity contribution in [2.24, 2.45) is 0 Å². The van der Waals surface area contributed by atoms with Crippen molar-refractivity contribution in [2.75, 3.05) is 17.7 Å². The van der Waals surface area contributed by atoms with Gasteiger partial charge in [0.1, 0.15) is 5.82 Å². The van der Waals surface area contributed by atoms with Gasteiger partial charge in [0.25, 0.3) is 0 Å². The number of nitrogens with one attached hydrogen (secondary N) is 2. The molecule has 6 nitrogen and oxygen atoms in total.